The van der Waals surface area contributed by atoms with Crippen LogP contribution in [0.2, 0.25) is 0 Å². The van der Waals surface area contributed by atoms with Gasteiger partial charge in [0, 0.05) is 4.47 Å². The molecule has 0 unspecified atom stereocenters. The van der Waals surface area contributed by atoms with Crippen LogP contribution >= 0.6 is 15.9 Å². The third kappa shape index (κ3) is 3.48. The van der Waals surface area contributed by atoms with Crippen LogP contribution in [0, 0.1) is 13.8 Å². The van der Waals surface area contributed by atoms with Crippen LogP contribution in [0.3, 0.4) is 0 Å². The van der Waals surface area contributed by atoms with Crippen LogP contribution in [-0.4, -0.2) is 5.78 Å². The second-order valence-corrected chi connectivity index (χ2v) is 5.82. The summed E-state index contributed by atoms with van der Waals surface area (Å²) in [5.41, 5.74) is 4.22. The monoisotopic (exact) mass is 332 g/mol. The lowest BCUT2D eigenvalue weighted by Crippen LogP contribution is -2.02. The molecule has 0 atom stereocenters. The van der Waals surface area contributed by atoms with E-state index >= 15 is 0 Å². The van der Waals surface area contributed by atoms with Gasteiger partial charge in [-0.3, -0.25) is 4.79 Å². The smallest absolute Gasteiger partial charge is 0.163 e. The predicted molar refractivity (Wildman–Crippen MR) is 84.4 cm³/mol. The van der Waals surface area contributed by atoms with Crippen LogP contribution in [0.5, 0.6) is 5.75 Å². The van der Waals surface area contributed by atoms with Gasteiger partial charge in [-0.05, 0) is 55.7 Å². The van der Waals surface area contributed by atoms with Crippen LogP contribution < -0.4 is 4.74 Å². The molecule has 0 aliphatic rings. The van der Waals surface area contributed by atoms with Gasteiger partial charge in [-0.2, -0.15) is 0 Å². The van der Waals surface area contributed by atoms with Gasteiger partial charge in [0.25, 0.3) is 0 Å². The zero-order valence-corrected chi connectivity index (χ0v) is 13.5. The maximum atomic E-state index is 11.6. The Kier molecular flexibility index (Phi) is 4.61. The maximum Gasteiger partial charge on any atom is 0.163 e. The summed E-state index contributed by atoms with van der Waals surface area (Å²) in [5.74, 6) is 0.623. The molecule has 104 valence electrons. The zero-order chi connectivity index (χ0) is 14.7. The number of rotatable bonds is 4. The average molecular weight is 333 g/mol. The molecular formula is C17H17BrO2. The summed E-state index contributed by atoms with van der Waals surface area (Å²) in [5, 5.41) is 0. The van der Waals surface area contributed by atoms with Crippen molar-refractivity contribution in [2.75, 3.05) is 0 Å². The van der Waals surface area contributed by atoms with E-state index in [0.717, 1.165) is 10.0 Å². The third-order valence-corrected chi connectivity index (χ3v) is 3.78. The fraction of sp³-hybridized carbons (Fsp3) is 0.235. The van der Waals surface area contributed by atoms with Crippen molar-refractivity contribution in [1.29, 1.82) is 0 Å². The van der Waals surface area contributed by atoms with Crippen LogP contribution in [0.1, 0.15) is 34.0 Å². The van der Waals surface area contributed by atoms with Crippen molar-refractivity contribution in [3.05, 3.63) is 63.1 Å². The topological polar surface area (TPSA) is 26.3 Å². The highest BCUT2D eigenvalue weighted by Gasteiger charge is 2.09. The van der Waals surface area contributed by atoms with Gasteiger partial charge in [0.1, 0.15) is 12.4 Å². The van der Waals surface area contributed by atoms with Gasteiger partial charge in [0.2, 0.25) is 0 Å². The fourth-order valence-corrected chi connectivity index (χ4v) is 2.30. The van der Waals surface area contributed by atoms with Crippen LogP contribution in [0.4, 0.5) is 0 Å². The zero-order valence-electron chi connectivity index (χ0n) is 11.9. The Balaban J connectivity index is 2.20. The minimum Gasteiger partial charge on any atom is -0.488 e. The Morgan fingerprint density at radius 1 is 1.10 bits per heavy atom. The first-order valence-electron chi connectivity index (χ1n) is 6.47. The van der Waals surface area contributed by atoms with Gasteiger partial charge >= 0.3 is 0 Å². The van der Waals surface area contributed by atoms with E-state index in [9.17, 15) is 4.79 Å². The minimum absolute atomic E-state index is 0.00702. The lowest BCUT2D eigenvalue weighted by atomic mass is 10.1. The fourth-order valence-electron chi connectivity index (χ4n) is 1.96. The van der Waals surface area contributed by atoms with E-state index in [1.807, 2.05) is 18.2 Å². The highest BCUT2D eigenvalue weighted by Crippen LogP contribution is 2.25. The van der Waals surface area contributed by atoms with E-state index in [-0.39, 0.29) is 5.78 Å². The molecule has 0 N–H and O–H groups in total. The molecule has 0 spiro atoms. The summed E-state index contributed by atoms with van der Waals surface area (Å²) in [6.07, 6.45) is 0. The summed E-state index contributed by atoms with van der Waals surface area (Å²) < 4.78 is 6.71. The summed E-state index contributed by atoms with van der Waals surface area (Å²) in [6.45, 7) is 6.17. The van der Waals surface area contributed by atoms with Crippen molar-refractivity contribution in [2.24, 2.45) is 0 Å². The molecule has 0 amide bonds. The van der Waals surface area contributed by atoms with Gasteiger partial charge in [-0.1, -0.05) is 34.1 Å². The molecule has 0 aromatic heterocycles. The van der Waals surface area contributed by atoms with Crippen LogP contribution in [-0.2, 0) is 6.61 Å². The Morgan fingerprint density at radius 3 is 2.50 bits per heavy atom. The van der Waals surface area contributed by atoms with E-state index in [1.54, 1.807) is 13.0 Å². The van der Waals surface area contributed by atoms with E-state index in [2.05, 4.69) is 41.9 Å². The standard InChI is InChI=1S/C17H17BrO2/c1-11-4-5-14(8-12(11)2)10-20-17-9-15(18)6-7-16(17)13(3)19/h4-9H,10H2,1-3H3. The van der Waals surface area contributed by atoms with Gasteiger partial charge < -0.3 is 4.74 Å². The van der Waals surface area contributed by atoms with E-state index in [0.29, 0.717) is 17.9 Å². The Bertz CT molecular complexity index is 647. The normalized spacial score (nSPS) is 10.4. The molecule has 0 heterocycles. The maximum absolute atomic E-state index is 11.6. The summed E-state index contributed by atoms with van der Waals surface area (Å²) >= 11 is 3.40. The molecule has 0 saturated heterocycles. The first-order chi connectivity index (χ1) is 9.47. The molecule has 0 saturated carbocycles. The second kappa shape index (κ2) is 6.23. The summed E-state index contributed by atoms with van der Waals surface area (Å²) in [6, 6.07) is 11.7. The van der Waals surface area contributed by atoms with Gasteiger partial charge in [-0.15, -0.1) is 0 Å². The minimum atomic E-state index is 0.00702. The number of Topliss-reactive ketones (excluding diaryl/α,β-unsaturated/α-hetero) is 1. The van der Waals surface area contributed by atoms with Crippen molar-refractivity contribution < 1.29 is 9.53 Å². The van der Waals surface area contributed by atoms with E-state index in [1.165, 1.54) is 11.1 Å². The predicted octanol–water partition coefficient (Wildman–Crippen LogP) is 4.85. The van der Waals surface area contributed by atoms with Crippen molar-refractivity contribution in [3.63, 3.8) is 0 Å². The SMILES string of the molecule is CC(=O)c1ccc(Br)cc1OCc1ccc(C)c(C)c1. The molecule has 20 heavy (non-hydrogen) atoms. The highest BCUT2D eigenvalue weighted by atomic mass is 79.9. The van der Waals surface area contributed by atoms with Crippen molar-refractivity contribution in [3.8, 4) is 5.75 Å². The number of carbonyl (C=O) groups is 1. The molecule has 3 heteroatoms. The molecule has 2 aromatic carbocycles. The average Bonchev–Trinajstić information content (AvgIpc) is 2.40. The Labute approximate surface area is 127 Å². The molecule has 0 aliphatic heterocycles. The third-order valence-electron chi connectivity index (χ3n) is 3.29. The van der Waals surface area contributed by atoms with Crippen molar-refractivity contribution in [1.82, 2.24) is 0 Å². The molecule has 2 rings (SSSR count). The number of hydrogen-bond donors (Lipinski definition) is 0. The van der Waals surface area contributed by atoms with E-state index in [4.69, 9.17) is 4.74 Å². The number of halogens is 1. The first-order valence-corrected chi connectivity index (χ1v) is 7.26. The number of benzene rings is 2. The summed E-state index contributed by atoms with van der Waals surface area (Å²) in [4.78, 5) is 11.6. The van der Waals surface area contributed by atoms with Gasteiger partial charge in [0.15, 0.2) is 5.78 Å². The first kappa shape index (κ1) is 14.8. The molecule has 0 aliphatic carbocycles. The molecule has 0 radical (unpaired) electrons. The molecule has 2 nitrogen and oxygen atoms in total. The number of ketones is 1. The molecule has 0 fully saturated rings. The van der Waals surface area contributed by atoms with Crippen LogP contribution in [0.15, 0.2) is 40.9 Å². The summed E-state index contributed by atoms with van der Waals surface area (Å²) in [7, 11) is 0. The van der Waals surface area contributed by atoms with Crippen molar-refractivity contribution in [2.45, 2.75) is 27.4 Å². The number of carbonyl (C=O) groups excluding carboxylic acids is 1. The molecular weight excluding hydrogens is 316 g/mol. The number of aryl methyl sites for hydroxylation is 2. The largest absolute Gasteiger partial charge is 0.488 e. The highest BCUT2D eigenvalue weighted by molar-refractivity contribution is 9.10. The van der Waals surface area contributed by atoms with Gasteiger partial charge in [-0.25, -0.2) is 0 Å². The lowest BCUT2D eigenvalue weighted by Gasteiger charge is -2.11. The van der Waals surface area contributed by atoms with Crippen molar-refractivity contribution >= 4 is 21.7 Å². The van der Waals surface area contributed by atoms with E-state index < -0.39 is 0 Å². The quantitative estimate of drug-likeness (QED) is 0.748. The molecule has 2 aromatic rings. The second-order valence-electron chi connectivity index (χ2n) is 4.90. The number of ether oxygens (including phenoxy) is 1. The Morgan fingerprint density at radius 2 is 1.85 bits per heavy atom. The number of hydrogen-bond acceptors (Lipinski definition) is 2. The Hall–Kier alpha value is -1.61. The molecule has 0 bridgehead atoms. The lowest BCUT2D eigenvalue weighted by molar-refractivity contribution is 0.101. The van der Waals surface area contributed by atoms with Crippen LogP contribution in [0.25, 0.3) is 0 Å². The van der Waals surface area contributed by atoms with Gasteiger partial charge in [0.05, 0.1) is 5.56 Å².